The van der Waals surface area contributed by atoms with Gasteiger partial charge in [0.15, 0.2) is 5.78 Å². The maximum atomic E-state index is 11.8. The number of ether oxygens (including phenoxy) is 1. The van der Waals surface area contributed by atoms with E-state index < -0.39 is 4.92 Å². The zero-order valence-electron chi connectivity index (χ0n) is 11.0. The zero-order valence-corrected chi connectivity index (χ0v) is 12.5. The third-order valence-electron chi connectivity index (χ3n) is 2.73. The second kappa shape index (κ2) is 7.19. The molecule has 0 saturated heterocycles. The van der Waals surface area contributed by atoms with Crippen molar-refractivity contribution in [1.82, 2.24) is 0 Å². The summed E-state index contributed by atoms with van der Waals surface area (Å²) in [4.78, 5) is 22.7. The minimum Gasteiger partial charge on any atom is -0.492 e. The monoisotopic (exact) mass is 325 g/mol. The number of hydrogen-bond donors (Lipinski definition) is 0. The molecule has 2 aromatic rings. The molecule has 0 unspecified atom stereocenters. The number of ketones is 1. The van der Waals surface area contributed by atoms with Crippen molar-refractivity contribution in [3.8, 4) is 5.75 Å². The van der Waals surface area contributed by atoms with E-state index in [4.69, 9.17) is 16.3 Å². The first-order valence-corrected chi connectivity index (χ1v) is 7.47. The van der Waals surface area contributed by atoms with Gasteiger partial charge in [-0.3, -0.25) is 14.9 Å². The lowest BCUT2D eigenvalue weighted by molar-refractivity contribution is -0.384. The van der Waals surface area contributed by atoms with E-state index in [0.717, 1.165) is 4.88 Å². The molecule has 0 radical (unpaired) electrons. The largest absolute Gasteiger partial charge is 0.492 e. The van der Waals surface area contributed by atoms with E-state index >= 15 is 0 Å². The topological polar surface area (TPSA) is 69.4 Å². The van der Waals surface area contributed by atoms with E-state index in [1.54, 1.807) is 6.07 Å². The lowest BCUT2D eigenvalue weighted by atomic mass is 10.2. The number of hydrogen-bond acceptors (Lipinski definition) is 5. The second-order valence-corrected chi connectivity index (χ2v) is 5.58. The molecule has 0 N–H and O–H groups in total. The highest BCUT2D eigenvalue weighted by molar-refractivity contribution is 7.12. The zero-order chi connectivity index (χ0) is 15.2. The maximum Gasteiger partial charge on any atom is 0.273 e. The fourth-order valence-corrected chi connectivity index (χ4v) is 2.56. The van der Waals surface area contributed by atoms with Gasteiger partial charge >= 0.3 is 0 Å². The molecule has 1 aromatic heterocycles. The van der Waals surface area contributed by atoms with Crippen LogP contribution in [0.15, 0.2) is 35.7 Å². The van der Waals surface area contributed by atoms with Crippen LogP contribution in [0, 0.1) is 10.1 Å². The van der Waals surface area contributed by atoms with Crippen molar-refractivity contribution in [2.45, 2.75) is 12.8 Å². The Kier molecular flexibility index (Phi) is 5.30. The van der Waals surface area contributed by atoms with Gasteiger partial charge in [0, 0.05) is 12.5 Å². The predicted molar refractivity (Wildman–Crippen MR) is 81.5 cm³/mol. The summed E-state index contributed by atoms with van der Waals surface area (Å²) in [7, 11) is 0. The number of carbonyl (C=O) groups is 1. The van der Waals surface area contributed by atoms with E-state index in [0.29, 0.717) is 17.9 Å². The third kappa shape index (κ3) is 4.27. The Morgan fingerprint density at radius 2 is 2.19 bits per heavy atom. The number of Topliss-reactive ketones (excluding diaryl/α,β-unsaturated/α-hetero) is 1. The van der Waals surface area contributed by atoms with Gasteiger partial charge in [-0.2, -0.15) is 0 Å². The van der Waals surface area contributed by atoms with Crippen LogP contribution >= 0.6 is 22.9 Å². The Morgan fingerprint density at radius 1 is 1.38 bits per heavy atom. The molecule has 5 nitrogen and oxygen atoms in total. The molecule has 7 heteroatoms. The summed E-state index contributed by atoms with van der Waals surface area (Å²) < 4.78 is 5.41. The van der Waals surface area contributed by atoms with Crippen LogP contribution in [0.1, 0.15) is 22.5 Å². The molecule has 0 saturated carbocycles. The molecular formula is C14H12ClNO4S. The van der Waals surface area contributed by atoms with Crippen molar-refractivity contribution >= 4 is 34.4 Å². The number of non-ortho nitro benzene ring substituents is 1. The molecule has 110 valence electrons. The van der Waals surface area contributed by atoms with E-state index in [2.05, 4.69) is 0 Å². The Hall–Kier alpha value is -1.92. The number of rotatable bonds is 7. The summed E-state index contributed by atoms with van der Waals surface area (Å²) >= 11 is 7.32. The molecule has 0 aliphatic heterocycles. The van der Waals surface area contributed by atoms with Gasteiger partial charge < -0.3 is 4.74 Å². The van der Waals surface area contributed by atoms with E-state index in [-0.39, 0.29) is 23.8 Å². The van der Waals surface area contributed by atoms with E-state index in [1.807, 2.05) is 11.4 Å². The van der Waals surface area contributed by atoms with Gasteiger partial charge in [-0.15, -0.1) is 11.3 Å². The highest BCUT2D eigenvalue weighted by Crippen LogP contribution is 2.29. The van der Waals surface area contributed by atoms with Gasteiger partial charge in [0.1, 0.15) is 5.75 Å². The number of halogens is 1. The molecule has 1 aromatic carbocycles. The van der Waals surface area contributed by atoms with E-state index in [1.165, 1.54) is 29.5 Å². The van der Waals surface area contributed by atoms with Crippen LogP contribution in [0.3, 0.4) is 0 Å². The lowest BCUT2D eigenvalue weighted by Gasteiger charge is -2.07. The van der Waals surface area contributed by atoms with Crippen LogP contribution in [0.25, 0.3) is 0 Å². The fraction of sp³-hybridized carbons (Fsp3) is 0.214. The summed E-state index contributed by atoms with van der Waals surface area (Å²) in [6, 6.07) is 7.63. The van der Waals surface area contributed by atoms with Crippen LogP contribution in [-0.4, -0.2) is 17.3 Å². The summed E-state index contributed by atoms with van der Waals surface area (Å²) in [5, 5.41) is 12.8. The van der Waals surface area contributed by atoms with Crippen molar-refractivity contribution in [3.05, 3.63) is 55.7 Å². The number of nitro groups is 1. The summed E-state index contributed by atoms with van der Waals surface area (Å²) in [6.07, 6.45) is 0.892. The number of nitrogens with zero attached hydrogens (tertiary/aromatic N) is 1. The van der Waals surface area contributed by atoms with Crippen molar-refractivity contribution in [3.63, 3.8) is 0 Å². The van der Waals surface area contributed by atoms with E-state index in [9.17, 15) is 14.9 Å². The molecule has 0 aliphatic rings. The molecule has 21 heavy (non-hydrogen) atoms. The highest BCUT2D eigenvalue weighted by Gasteiger charge is 2.11. The van der Waals surface area contributed by atoms with Crippen LogP contribution in [0.5, 0.6) is 5.75 Å². The standard InChI is InChI=1S/C14H12ClNO4S/c15-11-6-5-10(16(18)19)9-13(11)20-7-1-3-12(17)14-4-2-8-21-14/h2,4-6,8-9H,1,3,7H2. The van der Waals surface area contributed by atoms with Crippen molar-refractivity contribution < 1.29 is 14.5 Å². The Labute approximate surface area is 130 Å². The average Bonchev–Trinajstić information content (AvgIpc) is 2.99. The van der Waals surface area contributed by atoms with Gasteiger partial charge in [-0.05, 0) is 23.9 Å². The molecule has 0 atom stereocenters. The first-order chi connectivity index (χ1) is 10.1. The Morgan fingerprint density at radius 3 is 2.86 bits per heavy atom. The predicted octanol–water partition coefficient (Wildman–Crippen LogP) is 4.35. The van der Waals surface area contributed by atoms with Gasteiger partial charge in [-0.25, -0.2) is 0 Å². The van der Waals surface area contributed by atoms with Crippen molar-refractivity contribution in [2.24, 2.45) is 0 Å². The molecule has 0 fully saturated rings. The first kappa shape index (κ1) is 15.5. The maximum absolute atomic E-state index is 11.8. The van der Waals surface area contributed by atoms with Crippen LogP contribution in [-0.2, 0) is 0 Å². The third-order valence-corrected chi connectivity index (χ3v) is 3.95. The molecule has 0 spiro atoms. The number of carbonyl (C=O) groups excluding carboxylic acids is 1. The van der Waals surface area contributed by atoms with Gasteiger partial charge in [-0.1, -0.05) is 17.7 Å². The van der Waals surface area contributed by atoms with Crippen molar-refractivity contribution in [1.29, 1.82) is 0 Å². The minimum atomic E-state index is -0.510. The molecule has 0 bridgehead atoms. The molecule has 0 aliphatic carbocycles. The lowest BCUT2D eigenvalue weighted by Crippen LogP contribution is -2.03. The van der Waals surface area contributed by atoms with Crippen LogP contribution < -0.4 is 4.74 Å². The summed E-state index contributed by atoms with van der Waals surface area (Å²) in [5.41, 5.74) is -0.0796. The average molecular weight is 326 g/mol. The minimum absolute atomic E-state index is 0.0683. The van der Waals surface area contributed by atoms with Gasteiger partial charge in [0.25, 0.3) is 5.69 Å². The first-order valence-electron chi connectivity index (χ1n) is 6.21. The number of nitro benzene ring substituents is 1. The molecule has 2 rings (SSSR count). The number of thiophene rings is 1. The summed E-state index contributed by atoms with van der Waals surface area (Å²) in [5.74, 6) is 0.327. The quantitative estimate of drug-likeness (QED) is 0.328. The van der Waals surface area contributed by atoms with Gasteiger partial charge in [0.05, 0.1) is 27.5 Å². The summed E-state index contributed by atoms with van der Waals surface area (Å²) in [6.45, 7) is 0.276. The smallest absolute Gasteiger partial charge is 0.273 e. The van der Waals surface area contributed by atoms with Crippen molar-refractivity contribution in [2.75, 3.05) is 6.61 Å². The molecule has 1 heterocycles. The highest BCUT2D eigenvalue weighted by atomic mass is 35.5. The molecule has 0 amide bonds. The van der Waals surface area contributed by atoms with Crippen LogP contribution in [0.4, 0.5) is 5.69 Å². The Bertz CT molecular complexity index is 642. The van der Waals surface area contributed by atoms with Gasteiger partial charge in [0.2, 0.25) is 0 Å². The molecular weight excluding hydrogens is 314 g/mol. The normalized spacial score (nSPS) is 10.3. The second-order valence-electron chi connectivity index (χ2n) is 4.22. The Balaban J connectivity index is 1.85. The number of benzene rings is 1. The fourth-order valence-electron chi connectivity index (χ4n) is 1.69. The van der Waals surface area contributed by atoms with Crippen LogP contribution in [0.2, 0.25) is 5.02 Å². The SMILES string of the molecule is O=C(CCCOc1cc([N+](=O)[O-])ccc1Cl)c1cccs1.